The number of carbonyl (C=O) groups is 1. The summed E-state index contributed by atoms with van der Waals surface area (Å²) in [6.45, 7) is 7.54. The van der Waals surface area contributed by atoms with Crippen LogP contribution in [0.5, 0.6) is 0 Å². The topological polar surface area (TPSA) is 56.8 Å². The fourth-order valence-electron chi connectivity index (χ4n) is 3.22. The van der Waals surface area contributed by atoms with Crippen LogP contribution in [0.4, 0.5) is 0 Å². The van der Waals surface area contributed by atoms with Crippen LogP contribution in [0.25, 0.3) is 0 Å². The Morgan fingerprint density at radius 1 is 1.38 bits per heavy atom. The second kappa shape index (κ2) is 6.41. The molecule has 1 spiro atoms. The van der Waals surface area contributed by atoms with Crippen molar-refractivity contribution >= 4 is 21.9 Å². The Bertz CT molecular complexity index is 624. The highest BCUT2D eigenvalue weighted by molar-refractivity contribution is 9.10. The standard InChI is InChI=1S/C18H24BrNO4/c1-16(2,3)24-15(21)8-22-18(13-5-4-6-14(19)7-13)9-17(23-12-18)10-20-11-17/h4-7,20H,8-12H2,1-3H3. The van der Waals surface area contributed by atoms with Crippen molar-refractivity contribution in [3.8, 4) is 0 Å². The van der Waals surface area contributed by atoms with Crippen LogP contribution < -0.4 is 5.32 Å². The van der Waals surface area contributed by atoms with Crippen molar-refractivity contribution in [1.82, 2.24) is 5.32 Å². The first-order valence-electron chi connectivity index (χ1n) is 8.19. The molecule has 1 unspecified atom stereocenters. The van der Waals surface area contributed by atoms with Gasteiger partial charge in [-0.15, -0.1) is 0 Å². The van der Waals surface area contributed by atoms with Crippen LogP contribution in [-0.2, 0) is 24.6 Å². The van der Waals surface area contributed by atoms with E-state index in [-0.39, 0.29) is 18.2 Å². The summed E-state index contributed by atoms with van der Waals surface area (Å²) in [6, 6.07) is 8.00. The van der Waals surface area contributed by atoms with Crippen molar-refractivity contribution in [2.75, 3.05) is 26.3 Å². The maximum absolute atomic E-state index is 12.1. The highest BCUT2D eigenvalue weighted by Gasteiger charge is 2.54. The van der Waals surface area contributed by atoms with Gasteiger partial charge >= 0.3 is 5.97 Å². The van der Waals surface area contributed by atoms with E-state index in [0.29, 0.717) is 6.61 Å². The third kappa shape index (κ3) is 3.82. The smallest absolute Gasteiger partial charge is 0.332 e. The summed E-state index contributed by atoms with van der Waals surface area (Å²) < 4.78 is 18.5. The number of benzene rings is 1. The van der Waals surface area contributed by atoms with Crippen LogP contribution in [0.1, 0.15) is 32.8 Å². The van der Waals surface area contributed by atoms with E-state index in [4.69, 9.17) is 14.2 Å². The lowest BCUT2D eigenvalue weighted by Crippen LogP contribution is -2.59. The Morgan fingerprint density at radius 2 is 2.12 bits per heavy atom. The van der Waals surface area contributed by atoms with Gasteiger partial charge in [-0.1, -0.05) is 28.1 Å². The SMILES string of the molecule is CC(C)(C)OC(=O)COC1(c2cccc(Br)c2)COC2(CNC2)C1. The molecule has 1 aromatic rings. The summed E-state index contributed by atoms with van der Waals surface area (Å²) in [5, 5.41) is 3.26. The monoisotopic (exact) mass is 397 g/mol. The molecular formula is C18H24BrNO4. The minimum Gasteiger partial charge on any atom is -0.458 e. The quantitative estimate of drug-likeness (QED) is 0.791. The van der Waals surface area contributed by atoms with Gasteiger partial charge in [0.1, 0.15) is 17.8 Å². The maximum Gasteiger partial charge on any atom is 0.332 e. The number of hydrogen-bond acceptors (Lipinski definition) is 5. The van der Waals surface area contributed by atoms with Gasteiger partial charge in [0, 0.05) is 24.0 Å². The zero-order chi connectivity index (χ0) is 17.4. The second-order valence-corrected chi connectivity index (χ2v) is 8.55. The fraction of sp³-hybridized carbons (Fsp3) is 0.611. The Hall–Kier alpha value is -0.950. The number of esters is 1. The predicted octanol–water partition coefficient (Wildman–Crippen LogP) is 2.77. The van der Waals surface area contributed by atoms with Crippen LogP contribution in [-0.4, -0.2) is 43.5 Å². The average Bonchev–Trinajstić information content (AvgIpc) is 2.85. The maximum atomic E-state index is 12.1. The molecule has 0 saturated carbocycles. The van der Waals surface area contributed by atoms with E-state index in [2.05, 4.69) is 21.2 Å². The van der Waals surface area contributed by atoms with E-state index in [1.165, 1.54) is 0 Å². The van der Waals surface area contributed by atoms with Crippen LogP contribution >= 0.6 is 15.9 Å². The van der Waals surface area contributed by atoms with Gasteiger partial charge in [-0.05, 0) is 38.5 Å². The Kier molecular flexibility index (Phi) is 4.77. The van der Waals surface area contributed by atoms with Gasteiger partial charge in [-0.2, -0.15) is 0 Å². The summed E-state index contributed by atoms with van der Waals surface area (Å²) in [7, 11) is 0. The third-order valence-electron chi connectivity index (χ3n) is 4.35. The molecular weight excluding hydrogens is 374 g/mol. The van der Waals surface area contributed by atoms with Gasteiger partial charge in [0.15, 0.2) is 0 Å². The van der Waals surface area contributed by atoms with E-state index in [1.54, 1.807) is 0 Å². The molecule has 0 radical (unpaired) electrons. The molecule has 2 fully saturated rings. The minimum absolute atomic E-state index is 0.0867. The van der Waals surface area contributed by atoms with Gasteiger partial charge in [0.05, 0.1) is 12.2 Å². The zero-order valence-electron chi connectivity index (χ0n) is 14.4. The lowest BCUT2D eigenvalue weighted by Gasteiger charge is -2.39. The molecule has 0 bridgehead atoms. The number of rotatable bonds is 4. The van der Waals surface area contributed by atoms with E-state index < -0.39 is 11.2 Å². The molecule has 2 saturated heterocycles. The van der Waals surface area contributed by atoms with E-state index in [1.807, 2.05) is 45.0 Å². The first-order valence-corrected chi connectivity index (χ1v) is 8.98. The highest BCUT2D eigenvalue weighted by Crippen LogP contribution is 2.45. The highest BCUT2D eigenvalue weighted by atomic mass is 79.9. The van der Waals surface area contributed by atoms with E-state index in [0.717, 1.165) is 29.5 Å². The molecule has 6 heteroatoms. The molecule has 1 atom stereocenters. The average molecular weight is 398 g/mol. The van der Waals surface area contributed by atoms with Gasteiger partial charge < -0.3 is 19.5 Å². The van der Waals surface area contributed by atoms with Gasteiger partial charge in [-0.3, -0.25) is 0 Å². The van der Waals surface area contributed by atoms with Crippen molar-refractivity contribution < 1.29 is 19.0 Å². The number of nitrogens with one attached hydrogen (secondary N) is 1. The zero-order valence-corrected chi connectivity index (χ0v) is 15.9. The first kappa shape index (κ1) is 17.9. The molecule has 2 aliphatic rings. The normalized spacial score (nSPS) is 25.5. The molecule has 2 heterocycles. The molecule has 0 aliphatic carbocycles. The molecule has 2 aliphatic heterocycles. The summed E-state index contributed by atoms with van der Waals surface area (Å²) in [4.78, 5) is 12.1. The van der Waals surface area contributed by atoms with Crippen molar-refractivity contribution in [1.29, 1.82) is 0 Å². The first-order chi connectivity index (χ1) is 11.2. The molecule has 132 valence electrons. The summed E-state index contributed by atoms with van der Waals surface area (Å²) in [5.41, 5.74) is -0.308. The van der Waals surface area contributed by atoms with E-state index >= 15 is 0 Å². The summed E-state index contributed by atoms with van der Waals surface area (Å²) >= 11 is 3.51. The summed E-state index contributed by atoms with van der Waals surface area (Å²) in [5.74, 6) is -0.357. The summed E-state index contributed by atoms with van der Waals surface area (Å²) in [6.07, 6.45) is 0.728. The van der Waals surface area contributed by atoms with Crippen molar-refractivity contribution in [3.63, 3.8) is 0 Å². The molecule has 0 aromatic heterocycles. The van der Waals surface area contributed by atoms with Crippen molar-refractivity contribution in [3.05, 3.63) is 34.3 Å². The Labute approximate surface area is 151 Å². The lowest BCUT2D eigenvalue weighted by atomic mass is 9.82. The second-order valence-electron chi connectivity index (χ2n) is 7.63. The number of halogens is 1. The Balaban J connectivity index is 1.77. The van der Waals surface area contributed by atoms with Crippen molar-refractivity contribution in [2.45, 2.75) is 44.0 Å². The van der Waals surface area contributed by atoms with Gasteiger partial charge in [0.25, 0.3) is 0 Å². The minimum atomic E-state index is -0.622. The molecule has 3 rings (SSSR count). The molecule has 1 aromatic carbocycles. The molecule has 1 N–H and O–H groups in total. The molecule has 24 heavy (non-hydrogen) atoms. The molecule has 5 nitrogen and oxygen atoms in total. The van der Waals surface area contributed by atoms with Gasteiger partial charge in [-0.25, -0.2) is 4.79 Å². The largest absolute Gasteiger partial charge is 0.458 e. The van der Waals surface area contributed by atoms with Crippen LogP contribution in [0, 0.1) is 0 Å². The Morgan fingerprint density at radius 3 is 2.67 bits per heavy atom. The predicted molar refractivity (Wildman–Crippen MR) is 93.8 cm³/mol. The fourth-order valence-corrected chi connectivity index (χ4v) is 3.62. The van der Waals surface area contributed by atoms with Crippen LogP contribution in [0.3, 0.4) is 0 Å². The van der Waals surface area contributed by atoms with Crippen molar-refractivity contribution in [2.24, 2.45) is 0 Å². The number of hydrogen-bond donors (Lipinski definition) is 1. The van der Waals surface area contributed by atoms with Gasteiger partial charge in [0.2, 0.25) is 0 Å². The van der Waals surface area contributed by atoms with Crippen LogP contribution in [0.15, 0.2) is 28.7 Å². The number of carbonyl (C=O) groups excluding carboxylic acids is 1. The van der Waals surface area contributed by atoms with Crippen LogP contribution in [0.2, 0.25) is 0 Å². The lowest BCUT2D eigenvalue weighted by molar-refractivity contribution is -0.168. The third-order valence-corrected chi connectivity index (χ3v) is 4.84. The van der Waals surface area contributed by atoms with E-state index in [9.17, 15) is 4.79 Å². The molecule has 0 amide bonds. The number of ether oxygens (including phenoxy) is 3.